The van der Waals surface area contributed by atoms with Gasteiger partial charge >= 0.3 is 0 Å². The lowest BCUT2D eigenvalue weighted by Gasteiger charge is -2.05. The van der Waals surface area contributed by atoms with Gasteiger partial charge in [0.2, 0.25) is 0 Å². The second-order valence-corrected chi connectivity index (χ2v) is 2.90. The second kappa shape index (κ2) is 4.14. The molecule has 0 fully saturated rings. The first-order valence-corrected chi connectivity index (χ1v) is 4.22. The molecule has 1 nitrogen and oxygen atoms in total. The van der Waals surface area contributed by atoms with Crippen LogP contribution in [-0.2, 0) is 0 Å². The Kier molecular flexibility index (Phi) is 3.12. The predicted molar refractivity (Wildman–Crippen MR) is 47.0 cm³/mol. The van der Waals surface area contributed by atoms with Crippen molar-refractivity contribution in [3.8, 4) is 0 Å². The van der Waals surface area contributed by atoms with Gasteiger partial charge in [0.15, 0.2) is 0 Å². The maximum Gasteiger partial charge on any atom is 0.110 e. The molecular formula is C10H16N+. The van der Waals surface area contributed by atoms with E-state index in [0.717, 1.165) is 0 Å². The van der Waals surface area contributed by atoms with E-state index in [1.807, 2.05) is 6.07 Å². The van der Waals surface area contributed by atoms with Crippen LogP contribution in [-0.4, -0.2) is 0 Å². The van der Waals surface area contributed by atoms with Crippen LogP contribution in [0.1, 0.15) is 31.4 Å². The minimum atomic E-state index is 0.473. The van der Waals surface area contributed by atoms with Gasteiger partial charge in [-0.2, -0.15) is 0 Å². The Hall–Kier alpha value is -0.820. The summed E-state index contributed by atoms with van der Waals surface area (Å²) in [4.78, 5) is 0. The van der Waals surface area contributed by atoms with Crippen LogP contribution in [0, 0.1) is 0 Å². The van der Waals surface area contributed by atoms with Gasteiger partial charge in [-0.15, -0.1) is 0 Å². The molecule has 0 saturated carbocycles. The molecule has 0 bridgehead atoms. The fraction of sp³-hybridized carbons (Fsp3) is 0.400. The molecule has 0 aromatic heterocycles. The highest BCUT2D eigenvalue weighted by atomic mass is 14.6. The first-order chi connectivity index (χ1) is 5.34. The fourth-order valence-corrected chi connectivity index (χ4v) is 1.24. The molecule has 0 heterocycles. The van der Waals surface area contributed by atoms with Gasteiger partial charge in [-0.05, 0) is 0 Å². The Labute approximate surface area is 68.2 Å². The number of rotatable bonds is 3. The molecule has 60 valence electrons. The highest BCUT2D eigenvalue weighted by Gasteiger charge is 2.05. The van der Waals surface area contributed by atoms with E-state index in [1.165, 1.54) is 18.4 Å². The predicted octanol–water partition coefficient (Wildman–Crippen LogP) is 1.77. The summed E-state index contributed by atoms with van der Waals surface area (Å²) in [5, 5.41) is 0. The van der Waals surface area contributed by atoms with Crippen molar-refractivity contribution in [2.45, 2.75) is 25.8 Å². The molecule has 1 atom stereocenters. The molecule has 1 rings (SSSR count). The van der Waals surface area contributed by atoms with Gasteiger partial charge in [0.25, 0.3) is 0 Å². The summed E-state index contributed by atoms with van der Waals surface area (Å²) < 4.78 is 0. The van der Waals surface area contributed by atoms with Crippen LogP contribution >= 0.6 is 0 Å². The number of hydrogen-bond donors (Lipinski definition) is 1. The molecule has 0 amide bonds. The van der Waals surface area contributed by atoms with E-state index in [4.69, 9.17) is 0 Å². The van der Waals surface area contributed by atoms with E-state index >= 15 is 0 Å². The second-order valence-electron chi connectivity index (χ2n) is 2.90. The van der Waals surface area contributed by atoms with Gasteiger partial charge in [0.1, 0.15) is 6.04 Å². The largest absolute Gasteiger partial charge is 0.351 e. The average Bonchev–Trinajstić information content (AvgIpc) is 2.07. The number of benzene rings is 1. The van der Waals surface area contributed by atoms with Crippen molar-refractivity contribution < 1.29 is 5.73 Å². The van der Waals surface area contributed by atoms with Gasteiger partial charge in [0, 0.05) is 12.0 Å². The highest BCUT2D eigenvalue weighted by molar-refractivity contribution is 5.16. The summed E-state index contributed by atoms with van der Waals surface area (Å²) in [6.45, 7) is 2.20. The molecule has 0 spiro atoms. The van der Waals surface area contributed by atoms with Crippen molar-refractivity contribution >= 4 is 0 Å². The summed E-state index contributed by atoms with van der Waals surface area (Å²) in [5.74, 6) is 0. The van der Waals surface area contributed by atoms with Crippen molar-refractivity contribution in [1.29, 1.82) is 0 Å². The summed E-state index contributed by atoms with van der Waals surface area (Å²) >= 11 is 0. The SMILES string of the molecule is CCC[C@@H]([NH3+])c1ccccc1. The third-order valence-corrected chi connectivity index (χ3v) is 1.91. The Morgan fingerprint density at radius 2 is 1.91 bits per heavy atom. The van der Waals surface area contributed by atoms with Crippen molar-refractivity contribution in [2.75, 3.05) is 0 Å². The van der Waals surface area contributed by atoms with E-state index in [1.54, 1.807) is 0 Å². The Bertz CT molecular complexity index is 193. The average molecular weight is 150 g/mol. The first-order valence-electron chi connectivity index (χ1n) is 4.22. The zero-order chi connectivity index (χ0) is 8.10. The van der Waals surface area contributed by atoms with Crippen molar-refractivity contribution in [3.05, 3.63) is 35.9 Å². The molecule has 1 heteroatoms. The molecule has 0 saturated heterocycles. The lowest BCUT2D eigenvalue weighted by atomic mass is 10.0. The Morgan fingerprint density at radius 3 is 2.45 bits per heavy atom. The Morgan fingerprint density at radius 1 is 1.27 bits per heavy atom. The summed E-state index contributed by atoms with van der Waals surface area (Å²) in [7, 11) is 0. The van der Waals surface area contributed by atoms with E-state index in [9.17, 15) is 0 Å². The topological polar surface area (TPSA) is 27.6 Å². The van der Waals surface area contributed by atoms with Gasteiger partial charge < -0.3 is 5.73 Å². The molecule has 0 unspecified atom stereocenters. The molecule has 1 aromatic rings. The maximum absolute atomic E-state index is 4.10. The first kappa shape index (κ1) is 8.28. The monoisotopic (exact) mass is 150 g/mol. The summed E-state index contributed by atoms with van der Waals surface area (Å²) in [5.41, 5.74) is 5.45. The smallest absolute Gasteiger partial charge is 0.110 e. The molecule has 11 heavy (non-hydrogen) atoms. The van der Waals surface area contributed by atoms with Crippen LogP contribution in [0.5, 0.6) is 0 Å². The van der Waals surface area contributed by atoms with Crippen LogP contribution < -0.4 is 5.73 Å². The van der Waals surface area contributed by atoms with Crippen LogP contribution in [0.2, 0.25) is 0 Å². The van der Waals surface area contributed by atoms with Gasteiger partial charge in [-0.3, -0.25) is 0 Å². The fourth-order valence-electron chi connectivity index (χ4n) is 1.24. The van der Waals surface area contributed by atoms with E-state index < -0.39 is 0 Å². The van der Waals surface area contributed by atoms with Crippen LogP contribution in [0.4, 0.5) is 0 Å². The minimum Gasteiger partial charge on any atom is -0.351 e. The van der Waals surface area contributed by atoms with Crippen molar-refractivity contribution in [3.63, 3.8) is 0 Å². The standard InChI is InChI=1S/C10H15N/c1-2-6-10(11)9-7-4-3-5-8-9/h3-5,7-8,10H,2,6,11H2,1H3/p+1/t10-/m1/s1. The number of hydrogen-bond acceptors (Lipinski definition) is 0. The normalized spacial score (nSPS) is 12.9. The van der Waals surface area contributed by atoms with Gasteiger partial charge in [-0.25, -0.2) is 0 Å². The lowest BCUT2D eigenvalue weighted by molar-refractivity contribution is -0.428. The molecule has 0 aliphatic rings. The van der Waals surface area contributed by atoms with E-state index in [2.05, 4.69) is 36.9 Å². The van der Waals surface area contributed by atoms with Crippen LogP contribution in [0.3, 0.4) is 0 Å². The number of quaternary nitrogens is 1. The quantitative estimate of drug-likeness (QED) is 0.680. The molecule has 0 radical (unpaired) electrons. The summed E-state index contributed by atoms with van der Waals surface area (Å²) in [6, 6.07) is 11.0. The zero-order valence-electron chi connectivity index (χ0n) is 7.09. The third-order valence-electron chi connectivity index (χ3n) is 1.91. The van der Waals surface area contributed by atoms with Crippen molar-refractivity contribution in [2.24, 2.45) is 0 Å². The summed E-state index contributed by atoms with van der Waals surface area (Å²) in [6.07, 6.45) is 2.40. The highest BCUT2D eigenvalue weighted by Crippen LogP contribution is 2.12. The van der Waals surface area contributed by atoms with E-state index in [-0.39, 0.29) is 0 Å². The molecule has 0 aliphatic carbocycles. The molecule has 3 N–H and O–H groups in total. The van der Waals surface area contributed by atoms with E-state index in [0.29, 0.717) is 6.04 Å². The van der Waals surface area contributed by atoms with Gasteiger partial charge in [-0.1, -0.05) is 43.7 Å². The lowest BCUT2D eigenvalue weighted by Crippen LogP contribution is -2.53. The molecule has 0 aliphatic heterocycles. The Balaban J connectivity index is 2.61. The van der Waals surface area contributed by atoms with Gasteiger partial charge in [0.05, 0.1) is 0 Å². The van der Waals surface area contributed by atoms with Crippen LogP contribution in [0.25, 0.3) is 0 Å². The van der Waals surface area contributed by atoms with Crippen molar-refractivity contribution in [1.82, 2.24) is 0 Å². The molecule has 1 aromatic carbocycles. The molecular weight excluding hydrogens is 134 g/mol. The maximum atomic E-state index is 4.10. The minimum absolute atomic E-state index is 0.473. The zero-order valence-corrected chi connectivity index (χ0v) is 7.09. The third kappa shape index (κ3) is 2.35. The van der Waals surface area contributed by atoms with Crippen LogP contribution in [0.15, 0.2) is 30.3 Å².